The van der Waals surface area contributed by atoms with Gasteiger partial charge in [0.05, 0.1) is 33.5 Å². The van der Waals surface area contributed by atoms with Crippen molar-refractivity contribution in [2.75, 3.05) is 13.1 Å². The first-order valence-electron chi connectivity index (χ1n) is 8.04. The SMILES string of the molecule is Cc1cc(CCN)c(-c2cnc(-c3sc(C)cc3CCN)cn2)s1. The van der Waals surface area contributed by atoms with E-state index < -0.39 is 0 Å². The highest BCUT2D eigenvalue weighted by molar-refractivity contribution is 7.16. The third kappa shape index (κ3) is 3.57. The highest BCUT2D eigenvalue weighted by atomic mass is 32.1. The summed E-state index contributed by atoms with van der Waals surface area (Å²) in [6.07, 6.45) is 5.49. The molecule has 4 nitrogen and oxygen atoms in total. The Bertz CT molecular complexity index is 749. The Balaban J connectivity index is 1.94. The molecule has 0 spiro atoms. The topological polar surface area (TPSA) is 77.8 Å². The van der Waals surface area contributed by atoms with Crippen LogP contribution in [-0.2, 0) is 12.8 Å². The largest absolute Gasteiger partial charge is 0.330 e. The number of nitrogens with two attached hydrogens (primary N) is 2. The van der Waals surface area contributed by atoms with Crippen LogP contribution < -0.4 is 11.5 Å². The second kappa shape index (κ2) is 7.53. The lowest BCUT2D eigenvalue weighted by atomic mass is 10.1. The predicted molar refractivity (Wildman–Crippen MR) is 104 cm³/mol. The fraction of sp³-hybridized carbons (Fsp3) is 0.333. The highest BCUT2D eigenvalue weighted by Crippen LogP contribution is 2.34. The maximum atomic E-state index is 5.72. The molecule has 0 saturated heterocycles. The number of aryl methyl sites for hydroxylation is 2. The molecule has 0 aromatic carbocycles. The molecule has 3 heterocycles. The summed E-state index contributed by atoms with van der Waals surface area (Å²) in [5.41, 5.74) is 15.8. The van der Waals surface area contributed by atoms with Crippen LogP contribution in [0.5, 0.6) is 0 Å². The summed E-state index contributed by atoms with van der Waals surface area (Å²) >= 11 is 3.50. The van der Waals surface area contributed by atoms with Gasteiger partial charge < -0.3 is 11.5 Å². The van der Waals surface area contributed by atoms with Crippen LogP contribution in [0.15, 0.2) is 24.5 Å². The molecular formula is C18H22N4S2. The van der Waals surface area contributed by atoms with Crippen LogP contribution in [-0.4, -0.2) is 23.1 Å². The molecule has 3 aromatic heterocycles. The van der Waals surface area contributed by atoms with E-state index in [0.29, 0.717) is 13.1 Å². The van der Waals surface area contributed by atoms with Crippen molar-refractivity contribution in [2.45, 2.75) is 26.7 Å². The van der Waals surface area contributed by atoms with Crippen LogP contribution in [0.2, 0.25) is 0 Å². The average Bonchev–Trinajstić information content (AvgIpc) is 3.11. The summed E-state index contributed by atoms with van der Waals surface area (Å²) < 4.78 is 0. The molecule has 3 rings (SSSR count). The zero-order valence-corrected chi connectivity index (χ0v) is 15.6. The van der Waals surface area contributed by atoms with Gasteiger partial charge in [0.15, 0.2) is 0 Å². The Morgan fingerprint density at radius 3 is 1.54 bits per heavy atom. The van der Waals surface area contributed by atoms with E-state index >= 15 is 0 Å². The number of rotatable bonds is 6. The van der Waals surface area contributed by atoms with Crippen LogP contribution in [0.4, 0.5) is 0 Å². The van der Waals surface area contributed by atoms with Gasteiger partial charge in [-0.25, -0.2) is 0 Å². The van der Waals surface area contributed by atoms with Crippen molar-refractivity contribution in [3.05, 3.63) is 45.4 Å². The molecule has 126 valence electrons. The minimum Gasteiger partial charge on any atom is -0.330 e. The van der Waals surface area contributed by atoms with Gasteiger partial charge in [0.1, 0.15) is 0 Å². The van der Waals surface area contributed by atoms with E-state index in [0.717, 1.165) is 24.2 Å². The van der Waals surface area contributed by atoms with Gasteiger partial charge in [-0.1, -0.05) is 0 Å². The van der Waals surface area contributed by atoms with Gasteiger partial charge in [0.2, 0.25) is 0 Å². The van der Waals surface area contributed by atoms with Gasteiger partial charge in [-0.05, 0) is 63.0 Å². The van der Waals surface area contributed by atoms with E-state index in [1.165, 1.54) is 30.6 Å². The quantitative estimate of drug-likeness (QED) is 0.706. The van der Waals surface area contributed by atoms with Crippen LogP contribution >= 0.6 is 22.7 Å². The van der Waals surface area contributed by atoms with Crippen molar-refractivity contribution >= 4 is 22.7 Å². The summed E-state index contributed by atoms with van der Waals surface area (Å²) in [6.45, 7) is 5.52. The fourth-order valence-electron chi connectivity index (χ4n) is 2.81. The third-order valence-electron chi connectivity index (χ3n) is 3.81. The molecule has 0 unspecified atom stereocenters. The minimum absolute atomic E-state index is 0.644. The molecule has 0 aliphatic heterocycles. The Morgan fingerprint density at radius 2 is 1.21 bits per heavy atom. The summed E-state index contributed by atoms with van der Waals surface area (Å²) in [5.74, 6) is 0. The number of nitrogens with zero attached hydrogens (tertiary/aromatic N) is 2. The van der Waals surface area contributed by atoms with Crippen molar-refractivity contribution < 1.29 is 0 Å². The molecule has 0 atom stereocenters. The van der Waals surface area contributed by atoms with E-state index in [4.69, 9.17) is 11.5 Å². The van der Waals surface area contributed by atoms with E-state index in [9.17, 15) is 0 Å². The highest BCUT2D eigenvalue weighted by Gasteiger charge is 2.14. The predicted octanol–water partition coefficient (Wildman–Crippen LogP) is 3.55. The van der Waals surface area contributed by atoms with Gasteiger partial charge in [0.25, 0.3) is 0 Å². The molecule has 0 radical (unpaired) electrons. The fourth-order valence-corrected chi connectivity index (χ4v) is 4.86. The smallest absolute Gasteiger partial charge is 0.0988 e. The Labute approximate surface area is 150 Å². The van der Waals surface area contributed by atoms with Gasteiger partial charge in [-0.15, -0.1) is 22.7 Å². The first kappa shape index (κ1) is 17.2. The van der Waals surface area contributed by atoms with Gasteiger partial charge in [0, 0.05) is 9.75 Å². The number of thiophene rings is 2. The first-order valence-corrected chi connectivity index (χ1v) is 9.67. The summed E-state index contributed by atoms with van der Waals surface area (Å²) in [7, 11) is 0. The normalized spacial score (nSPS) is 11.2. The van der Waals surface area contributed by atoms with Crippen molar-refractivity contribution in [3.63, 3.8) is 0 Å². The van der Waals surface area contributed by atoms with Crippen molar-refractivity contribution in [1.29, 1.82) is 0 Å². The third-order valence-corrected chi connectivity index (χ3v) is 6.04. The number of hydrogen-bond donors (Lipinski definition) is 2. The zero-order valence-electron chi connectivity index (χ0n) is 14.0. The maximum absolute atomic E-state index is 5.72. The van der Waals surface area contributed by atoms with Gasteiger partial charge >= 0.3 is 0 Å². The molecule has 0 amide bonds. The molecule has 0 aliphatic carbocycles. The lowest BCUT2D eigenvalue weighted by molar-refractivity contribution is 0.971. The molecule has 3 aromatic rings. The molecule has 0 bridgehead atoms. The van der Waals surface area contributed by atoms with Crippen LogP contribution in [0.3, 0.4) is 0 Å². The molecule has 4 N–H and O–H groups in total. The van der Waals surface area contributed by atoms with Crippen LogP contribution in [0, 0.1) is 13.8 Å². The summed E-state index contributed by atoms with van der Waals surface area (Å²) in [4.78, 5) is 14.3. The Hall–Kier alpha value is -1.60. The minimum atomic E-state index is 0.644. The lowest BCUT2D eigenvalue weighted by Crippen LogP contribution is -2.03. The number of aromatic nitrogens is 2. The first-order chi connectivity index (χ1) is 11.6. The number of hydrogen-bond acceptors (Lipinski definition) is 6. The van der Waals surface area contributed by atoms with Crippen molar-refractivity contribution in [3.8, 4) is 21.1 Å². The Kier molecular flexibility index (Phi) is 5.40. The molecule has 6 heteroatoms. The van der Waals surface area contributed by atoms with Crippen LogP contribution in [0.25, 0.3) is 21.1 Å². The van der Waals surface area contributed by atoms with Crippen molar-refractivity contribution in [1.82, 2.24) is 9.97 Å². The summed E-state index contributed by atoms with van der Waals surface area (Å²) in [6, 6.07) is 4.40. The second-order valence-electron chi connectivity index (χ2n) is 5.79. The van der Waals surface area contributed by atoms with E-state index in [1.54, 1.807) is 22.7 Å². The monoisotopic (exact) mass is 358 g/mol. The zero-order chi connectivity index (χ0) is 17.1. The summed E-state index contributed by atoms with van der Waals surface area (Å²) in [5, 5.41) is 0. The average molecular weight is 359 g/mol. The van der Waals surface area contributed by atoms with Gasteiger partial charge in [-0.2, -0.15) is 0 Å². The van der Waals surface area contributed by atoms with E-state index in [2.05, 4.69) is 35.9 Å². The van der Waals surface area contributed by atoms with E-state index in [-0.39, 0.29) is 0 Å². The molecular weight excluding hydrogens is 336 g/mol. The standard InChI is InChI=1S/C18H22N4S2/c1-11-7-13(3-5-19)17(23-11)15-9-22-16(10-21-15)18-14(4-6-20)8-12(2)24-18/h7-10H,3-6,19-20H2,1-2H3. The lowest BCUT2D eigenvalue weighted by Gasteiger charge is -2.05. The molecule has 0 fully saturated rings. The molecule has 0 saturated carbocycles. The second-order valence-corrected chi connectivity index (χ2v) is 8.30. The molecule has 24 heavy (non-hydrogen) atoms. The van der Waals surface area contributed by atoms with E-state index in [1.807, 2.05) is 12.4 Å². The maximum Gasteiger partial charge on any atom is 0.0988 e. The van der Waals surface area contributed by atoms with Crippen molar-refractivity contribution in [2.24, 2.45) is 11.5 Å². The Morgan fingerprint density at radius 1 is 0.792 bits per heavy atom. The van der Waals surface area contributed by atoms with Crippen LogP contribution in [0.1, 0.15) is 20.9 Å². The molecule has 0 aliphatic rings. The van der Waals surface area contributed by atoms with Gasteiger partial charge in [-0.3, -0.25) is 9.97 Å².